The van der Waals surface area contributed by atoms with Crippen LogP contribution >= 0.6 is 0 Å². The van der Waals surface area contributed by atoms with Gasteiger partial charge in [0.2, 0.25) is 5.91 Å². The van der Waals surface area contributed by atoms with E-state index in [-0.39, 0.29) is 29.6 Å². The Hall–Kier alpha value is -1.59. The summed E-state index contributed by atoms with van der Waals surface area (Å²) in [6, 6.07) is -0.379. The maximum absolute atomic E-state index is 11.7. The number of hydrogen-bond acceptors (Lipinski definition) is 3. The van der Waals surface area contributed by atoms with E-state index in [2.05, 4.69) is 10.3 Å². The Balaban J connectivity index is 4.01. The van der Waals surface area contributed by atoms with E-state index in [1.807, 2.05) is 13.8 Å². The molecule has 0 bridgehead atoms. The van der Waals surface area contributed by atoms with E-state index in [1.165, 1.54) is 6.92 Å². The number of rotatable bonds is 9. The van der Waals surface area contributed by atoms with E-state index in [9.17, 15) is 9.59 Å². The zero-order chi connectivity index (χ0) is 14.8. The smallest absolute Gasteiger partial charge is 0.220 e. The predicted molar refractivity (Wildman–Crippen MR) is 76.6 cm³/mol. The number of carbonyl (C=O) groups excluding carboxylic acids is 2. The summed E-state index contributed by atoms with van der Waals surface area (Å²) in [7, 11) is 0. The van der Waals surface area contributed by atoms with Gasteiger partial charge < -0.3 is 16.8 Å². The molecule has 0 aromatic heterocycles. The van der Waals surface area contributed by atoms with Gasteiger partial charge in [-0.2, -0.15) is 0 Å². The van der Waals surface area contributed by atoms with Crippen LogP contribution < -0.4 is 16.8 Å². The minimum Gasteiger partial charge on any atom is -0.370 e. The SMILES string of the molecule is CC[C@H](C)C(NC(=O)CCCCN=C(N)N)C(C)=O. The molecule has 110 valence electrons. The van der Waals surface area contributed by atoms with Crippen LogP contribution in [0.5, 0.6) is 0 Å². The van der Waals surface area contributed by atoms with Gasteiger partial charge in [0.25, 0.3) is 0 Å². The molecule has 0 saturated carbocycles. The predicted octanol–water partition coefficient (Wildman–Crippen LogP) is 0.550. The molecule has 1 amide bonds. The molecule has 0 aromatic carbocycles. The quantitative estimate of drug-likeness (QED) is 0.323. The molecule has 0 fully saturated rings. The number of nitrogens with one attached hydrogen (secondary N) is 1. The fourth-order valence-corrected chi connectivity index (χ4v) is 1.73. The Kier molecular flexibility index (Phi) is 8.57. The summed E-state index contributed by atoms with van der Waals surface area (Å²) in [5, 5.41) is 2.79. The van der Waals surface area contributed by atoms with Gasteiger partial charge in [-0.25, -0.2) is 0 Å². The van der Waals surface area contributed by atoms with Crippen LogP contribution in [0, 0.1) is 5.92 Å². The van der Waals surface area contributed by atoms with E-state index >= 15 is 0 Å². The summed E-state index contributed by atoms with van der Waals surface area (Å²) >= 11 is 0. The molecule has 2 atom stereocenters. The normalized spacial score (nSPS) is 13.4. The van der Waals surface area contributed by atoms with Crippen molar-refractivity contribution in [3.63, 3.8) is 0 Å². The van der Waals surface area contributed by atoms with Crippen molar-refractivity contribution in [2.45, 2.75) is 52.5 Å². The van der Waals surface area contributed by atoms with Crippen molar-refractivity contribution in [1.29, 1.82) is 0 Å². The topological polar surface area (TPSA) is 111 Å². The molecular weight excluding hydrogens is 244 g/mol. The first-order valence-corrected chi connectivity index (χ1v) is 6.73. The Morgan fingerprint density at radius 3 is 2.37 bits per heavy atom. The van der Waals surface area contributed by atoms with Gasteiger partial charge >= 0.3 is 0 Å². The standard InChI is InChI=1S/C13H26N4O2/c1-4-9(2)12(10(3)18)17-11(19)7-5-6-8-16-13(14)15/h9,12H,4-8H2,1-3H3,(H,17,19)(H4,14,15,16)/t9-,12?/m0/s1. The van der Waals surface area contributed by atoms with Crippen molar-refractivity contribution >= 4 is 17.6 Å². The second-order valence-corrected chi connectivity index (χ2v) is 4.81. The zero-order valence-electron chi connectivity index (χ0n) is 12.1. The van der Waals surface area contributed by atoms with Crippen molar-refractivity contribution in [2.24, 2.45) is 22.4 Å². The molecule has 6 heteroatoms. The van der Waals surface area contributed by atoms with Gasteiger partial charge in [-0.05, 0) is 25.7 Å². The summed E-state index contributed by atoms with van der Waals surface area (Å²) in [4.78, 5) is 27.0. The van der Waals surface area contributed by atoms with Crippen LogP contribution in [0.3, 0.4) is 0 Å². The summed E-state index contributed by atoms with van der Waals surface area (Å²) < 4.78 is 0. The highest BCUT2D eigenvalue weighted by molar-refractivity contribution is 5.87. The number of carbonyl (C=O) groups is 2. The van der Waals surface area contributed by atoms with Gasteiger partial charge in [0.05, 0.1) is 6.04 Å². The molecule has 19 heavy (non-hydrogen) atoms. The maximum atomic E-state index is 11.7. The third-order valence-corrected chi connectivity index (χ3v) is 3.07. The second kappa shape index (κ2) is 9.35. The number of nitrogens with two attached hydrogens (primary N) is 2. The molecule has 0 radical (unpaired) electrons. The van der Waals surface area contributed by atoms with Crippen LogP contribution in [-0.4, -0.2) is 30.2 Å². The van der Waals surface area contributed by atoms with Gasteiger partial charge in [0.1, 0.15) is 0 Å². The molecule has 6 nitrogen and oxygen atoms in total. The van der Waals surface area contributed by atoms with E-state index in [0.717, 1.165) is 12.8 Å². The van der Waals surface area contributed by atoms with Crippen LogP contribution in [0.2, 0.25) is 0 Å². The van der Waals surface area contributed by atoms with E-state index in [4.69, 9.17) is 11.5 Å². The zero-order valence-corrected chi connectivity index (χ0v) is 12.1. The van der Waals surface area contributed by atoms with Crippen LogP contribution in [-0.2, 0) is 9.59 Å². The van der Waals surface area contributed by atoms with Gasteiger partial charge in [-0.15, -0.1) is 0 Å². The average Bonchev–Trinajstić information content (AvgIpc) is 2.33. The van der Waals surface area contributed by atoms with Crippen LogP contribution in [0.25, 0.3) is 0 Å². The van der Waals surface area contributed by atoms with Crippen molar-refractivity contribution in [1.82, 2.24) is 5.32 Å². The van der Waals surface area contributed by atoms with Crippen molar-refractivity contribution < 1.29 is 9.59 Å². The third-order valence-electron chi connectivity index (χ3n) is 3.07. The second-order valence-electron chi connectivity index (χ2n) is 4.81. The molecule has 0 saturated heterocycles. The monoisotopic (exact) mass is 270 g/mol. The number of Topliss-reactive ketones (excluding diaryl/α,β-unsaturated/α-hetero) is 1. The Morgan fingerprint density at radius 2 is 1.89 bits per heavy atom. The number of nitrogens with zero attached hydrogens (tertiary/aromatic N) is 1. The molecule has 0 rings (SSSR count). The van der Waals surface area contributed by atoms with Gasteiger partial charge in [-0.1, -0.05) is 20.3 Å². The molecule has 5 N–H and O–H groups in total. The fourth-order valence-electron chi connectivity index (χ4n) is 1.73. The molecule has 0 aromatic rings. The van der Waals surface area contributed by atoms with Gasteiger partial charge in [0.15, 0.2) is 11.7 Å². The van der Waals surface area contributed by atoms with Crippen molar-refractivity contribution in [3.05, 3.63) is 0 Å². The van der Waals surface area contributed by atoms with Crippen LogP contribution in [0.4, 0.5) is 0 Å². The number of unbranched alkanes of at least 4 members (excludes halogenated alkanes) is 1. The van der Waals surface area contributed by atoms with E-state index in [1.54, 1.807) is 0 Å². The number of aliphatic imine (C=N–C) groups is 1. The largest absolute Gasteiger partial charge is 0.370 e. The third kappa shape index (κ3) is 8.18. The minimum absolute atomic E-state index is 0.00297. The molecule has 0 heterocycles. The lowest BCUT2D eigenvalue weighted by molar-refractivity contribution is -0.128. The highest BCUT2D eigenvalue weighted by atomic mass is 16.2. The molecule has 0 aliphatic heterocycles. The summed E-state index contributed by atoms with van der Waals surface area (Å²) in [5.41, 5.74) is 10.4. The molecule has 0 aliphatic carbocycles. The summed E-state index contributed by atoms with van der Waals surface area (Å²) in [6.45, 7) is 6.00. The average molecular weight is 270 g/mol. The number of amides is 1. The highest BCUT2D eigenvalue weighted by Crippen LogP contribution is 2.09. The highest BCUT2D eigenvalue weighted by Gasteiger charge is 2.21. The molecular formula is C13H26N4O2. The Bertz CT molecular complexity index is 325. The van der Waals surface area contributed by atoms with Gasteiger partial charge in [0, 0.05) is 13.0 Å². The lowest BCUT2D eigenvalue weighted by atomic mass is 9.96. The first kappa shape index (κ1) is 17.4. The number of guanidine groups is 1. The summed E-state index contributed by atoms with van der Waals surface area (Å²) in [5.74, 6) is 0.134. The lowest BCUT2D eigenvalue weighted by Crippen LogP contribution is -2.44. The Labute approximate surface area is 115 Å². The molecule has 0 aliphatic rings. The summed E-state index contributed by atoms with van der Waals surface area (Å²) in [6.07, 6.45) is 2.70. The first-order valence-electron chi connectivity index (χ1n) is 6.73. The Morgan fingerprint density at radius 1 is 1.26 bits per heavy atom. The molecule has 0 spiro atoms. The minimum atomic E-state index is -0.379. The van der Waals surface area contributed by atoms with E-state index in [0.29, 0.717) is 19.4 Å². The maximum Gasteiger partial charge on any atom is 0.220 e. The van der Waals surface area contributed by atoms with Crippen molar-refractivity contribution in [3.8, 4) is 0 Å². The van der Waals surface area contributed by atoms with Crippen molar-refractivity contribution in [2.75, 3.05) is 6.54 Å². The number of hydrogen-bond donors (Lipinski definition) is 3. The molecule has 1 unspecified atom stereocenters. The van der Waals surface area contributed by atoms with Crippen LogP contribution in [0.1, 0.15) is 46.5 Å². The first-order chi connectivity index (χ1) is 8.88. The fraction of sp³-hybridized carbons (Fsp3) is 0.769. The van der Waals surface area contributed by atoms with Gasteiger partial charge in [-0.3, -0.25) is 14.6 Å². The number of ketones is 1. The van der Waals surface area contributed by atoms with Crippen LogP contribution in [0.15, 0.2) is 4.99 Å². The lowest BCUT2D eigenvalue weighted by Gasteiger charge is -2.21. The van der Waals surface area contributed by atoms with E-state index < -0.39 is 0 Å².